The normalized spacial score (nSPS) is 8.93. The predicted molar refractivity (Wildman–Crippen MR) is 60.1 cm³/mol. The van der Waals surface area contributed by atoms with Gasteiger partial charge in [0.05, 0.1) is 13.5 Å². The van der Waals surface area contributed by atoms with E-state index >= 15 is 0 Å². The summed E-state index contributed by atoms with van der Waals surface area (Å²) in [5.74, 6) is 5.48. The zero-order valence-electron chi connectivity index (χ0n) is 8.29. The van der Waals surface area contributed by atoms with Crippen molar-refractivity contribution in [3.8, 4) is 11.8 Å². The standard InChI is InChI=1S/C11H10BrNO2/c1-15-11(14)5-3-2-4-10-7-6-9(12)8-13-10/h6-8H,3,5H2,1H3. The average Bonchev–Trinajstić information content (AvgIpc) is 2.26. The van der Waals surface area contributed by atoms with Gasteiger partial charge in [-0.25, -0.2) is 4.98 Å². The van der Waals surface area contributed by atoms with Gasteiger partial charge in [0.25, 0.3) is 0 Å². The number of hydrogen-bond acceptors (Lipinski definition) is 3. The first kappa shape index (κ1) is 11.7. The molecule has 15 heavy (non-hydrogen) atoms. The molecule has 0 aliphatic carbocycles. The van der Waals surface area contributed by atoms with Crippen molar-refractivity contribution in [2.75, 3.05) is 7.11 Å². The number of carbonyl (C=O) groups excluding carboxylic acids is 1. The van der Waals surface area contributed by atoms with Crippen molar-refractivity contribution < 1.29 is 9.53 Å². The zero-order chi connectivity index (χ0) is 11.1. The van der Waals surface area contributed by atoms with Crippen molar-refractivity contribution in [2.45, 2.75) is 12.8 Å². The molecule has 1 heterocycles. The lowest BCUT2D eigenvalue weighted by Gasteiger charge is -1.92. The van der Waals surface area contributed by atoms with Gasteiger partial charge in [0, 0.05) is 17.1 Å². The van der Waals surface area contributed by atoms with Gasteiger partial charge in [0.2, 0.25) is 0 Å². The number of halogens is 1. The number of ether oxygens (including phenoxy) is 1. The first-order valence-corrected chi connectivity index (χ1v) is 5.19. The van der Waals surface area contributed by atoms with Crippen LogP contribution in [0.1, 0.15) is 18.5 Å². The minimum Gasteiger partial charge on any atom is -0.469 e. The van der Waals surface area contributed by atoms with E-state index in [0.717, 1.165) is 4.47 Å². The van der Waals surface area contributed by atoms with E-state index in [0.29, 0.717) is 18.5 Å². The summed E-state index contributed by atoms with van der Waals surface area (Å²) < 4.78 is 5.41. The van der Waals surface area contributed by atoms with Gasteiger partial charge in [0.15, 0.2) is 0 Å². The third-order valence-corrected chi connectivity index (χ3v) is 2.09. The largest absolute Gasteiger partial charge is 0.469 e. The molecule has 1 rings (SSSR count). The maximum atomic E-state index is 10.8. The smallest absolute Gasteiger partial charge is 0.306 e. The number of aromatic nitrogens is 1. The van der Waals surface area contributed by atoms with Crippen LogP contribution in [0.4, 0.5) is 0 Å². The van der Waals surface area contributed by atoms with Crippen LogP contribution in [-0.4, -0.2) is 18.1 Å². The summed E-state index contributed by atoms with van der Waals surface area (Å²) in [7, 11) is 1.37. The predicted octanol–water partition coefficient (Wildman–Crippen LogP) is 2.15. The van der Waals surface area contributed by atoms with Gasteiger partial charge in [-0.15, -0.1) is 0 Å². The molecule has 4 heteroatoms. The van der Waals surface area contributed by atoms with E-state index < -0.39 is 0 Å². The first-order chi connectivity index (χ1) is 7.22. The summed E-state index contributed by atoms with van der Waals surface area (Å²) in [5.41, 5.74) is 0.697. The number of hydrogen-bond donors (Lipinski definition) is 0. The summed E-state index contributed by atoms with van der Waals surface area (Å²) >= 11 is 3.28. The highest BCUT2D eigenvalue weighted by atomic mass is 79.9. The fourth-order valence-electron chi connectivity index (χ4n) is 0.869. The Morgan fingerprint density at radius 1 is 1.60 bits per heavy atom. The number of methoxy groups -OCH3 is 1. The summed E-state index contributed by atoms with van der Waals surface area (Å²) in [6.45, 7) is 0. The van der Waals surface area contributed by atoms with E-state index in [1.807, 2.05) is 12.1 Å². The molecule has 0 bridgehead atoms. The fourth-order valence-corrected chi connectivity index (χ4v) is 1.10. The molecule has 0 atom stereocenters. The van der Waals surface area contributed by atoms with E-state index in [-0.39, 0.29) is 5.97 Å². The molecular weight excluding hydrogens is 258 g/mol. The second-order valence-electron chi connectivity index (χ2n) is 2.74. The van der Waals surface area contributed by atoms with Crippen molar-refractivity contribution >= 4 is 21.9 Å². The fraction of sp³-hybridized carbons (Fsp3) is 0.273. The van der Waals surface area contributed by atoms with Crippen LogP contribution in [0.3, 0.4) is 0 Å². The van der Waals surface area contributed by atoms with Crippen LogP contribution in [0.5, 0.6) is 0 Å². The molecule has 0 aliphatic heterocycles. The third-order valence-electron chi connectivity index (χ3n) is 1.63. The highest BCUT2D eigenvalue weighted by Crippen LogP contribution is 2.06. The quantitative estimate of drug-likeness (QED) is 0.609. The molecule has 0 aromatic carbocycles. The van der Waals surface area contributed by atoms with Crippen LogP contribution in [0.25, 0.3) is 0 Å². The Labute approximate surface area is 97.0 Å². The maximum absolute atomic E-state index is 10.8. The van der Waals surface area contributed by atoms with Gasteiger partial charge in [-0.3, -0.25) is 4.79 Å². The van der Waals surface area contributed by atoms with Crippen LogP contribution >= 0.6 is 15.9 Å². The van der Waals surface area contributed by atoms with Crippen molar-refractivity contribution in [1.82, 2.24) is 4.98 Å². The molecule has 0 saturated carbocycles. The molecule has 0 amide bonds. The minimum absolute atomic E-state index is 0.243. The Morgan fingerprint density at radius 3 is 3.00 bits per heavy atom. The summed E-state index contributed by atoms with van der Waals surface area (Å²) in [6.07, 6.45) is 2.49. The lowest BCUT2D eigenvalue weighted by atomic mass is 10.3. The molecule has 0 spiro atoms. The Bertz CT molecular complexity index is 389. The van der Waals surface area contributed by atoms with E-state index in [4.69, 9.17) is 0 Å². The Kier molecular flexibility index (Phi) is 4.85. The van der Waals surface area contributed by atoms with Gasteiger partial charge in [-0.2, -0.15) is 0 Å². The monoisotopic (exact) mass is 267 g/mol. The van der Waals surface area contributed by atoms with Gasteiger partial charge in [0.1, 0.15) is 5.69 Å². The van der Waals surface area contributed by atoms with Gasteiger partial charge < -0.3 is 4.74 Å². The van der Waals surface area contributed by atoms with E-state index in [2.05, 4.69) is 37.5 Å². The summed E-state index contributed by atoms with van der Waals surface area (Å²) in [5, 5.41) is 0. The van der Waals surface area contributed by atoms with Crippen LogP contribution in [0, 0.1) is 11.8 Å². The lowest BCUT2D eigenvalue weighted by molar-refractivity contribution is -0.140. The molecule has 1 aromatic heterocycles. The summed E-state index contributed by atoms with van der Waals surface area (Å²) in [6, 6.07) is 3.69. The molecule has 0 unspecified atom stereocenters. The third kappa shape index (κ3) is 4.61. The number of nitrogens with zero attached hydrogens (tertiary/aromatic N) is 1. The van der Waals surface area contributed by atoms with Gasteiger partial charge in [-0.1, -0.05) is 5.92 Å². The van der Waals surface area contributed by atoms with Gasteiger partial charge in [-0.05, 0) is 34.0 Å². The Hall–Kier alpha value is -1.34. The van der Waals surface area contributed by atoms with Gasteiger partial charge >= 0.3 is 5.97 Å². The maximum Gasteiger partial charge on any atom is 0.306 e. The highest BCUT2D eigenvalue weighted by Gasteiger charge is 1.95. The number of rotatable bonds is 2. The topological polar surface area (TPSA) is 39.2 Å². The molecule has 0 fully saturated rings. The SMILES string of the molecule is COC(=O)CCC#Cc1ccc(Br)cn1. The molecule has 3 nitrogen and oxygen atoms in total. The average molecular weight is 268 g/mol. The van der Waals surface area contributed by atoms with Crippen LogP contribution in [0.2, 0.25) is 0 Å². The highest BCUT2D eigenvalue weighted by molar-refractivity contribution is 9.10. The minimum atomic E-state index is -0.243. The molecule has 0 aliphatic rings. The molecule has 0 N–H and O–H groups in total. The number of carbonyl (C=O) groups is 1. The molecule has 1 aromatic rings. The first-order valence-electron chi connectivity index (χ1n) is 4.39. The number of pyridine rings is 1. The Morgan fingerprint density at radius 2 is 2.40 bits per heavy atom. The van der Waals surface area contributed by atoms with Crippen LogP contribution in [-0.2, 0) is 9.53 Å². The number of esters is 1. The van der Waals surface area contributed by atoms with Crippen molar-refractivity contribution in [1.29, 1.82) is 0 Å². The molecular formula is C11H10BrNO2. The van der Waals surface area contributed by atoms with Crippen LogP contribution in [0.15, 0.2) is 22.8 Å². The molecule has 78 valence electrons. The second kappa shape index (κ2) is 6.20. The van der Waals surface area contributed by atoms with Crippen molar-refractivity contribution in [3.63, 3.8) is 0 Å². The Balaban J connectivity index is 2.44. The van der Waals surface area contributed by atoms with Crippen molar-refractivity contribution in [3.05, 3.63) is 28.5 Å². The molecule has 0 saturated heterocycles. The van der Waals surface area contributed by atoms with E-state index in [9.17, 15) is 4.79 Å². The van der Waals surface area contributed by atoms with E-state index in [1.165, 1.54) is 7.11 Å². The van der Waals surface area contributed by atoms with Crippen molar-refractivity contribution in [2.24, 2.45) is 0 Å². The van der Waals surface area contributed by atoms with E-state index in [1.54, 1.807) is 6.20 Å². The zero-order valence-corrected chi connectivity index (χ0v) is 9.87. The second-order valence-corrected chi connectivity index (χ2v) is 3.66. The molecule has 0 radical (unpaired) electrons. The van der Waals surface area contributed by atoms with Crippen LogP contribution < -0.4 is 0 Å². The summed E-state index contributed by atoms with van der Waals surface area (Å²) in [4.78, 5) is 14.8. The lowest BCUT2D eigenvalue weighted by Crippen LogP contribution is -1.98.